The Labute approximate surface area is 188 Å². The smallest absolute Gasteiger partial charge is 0.243 e. The van der Waals surface area contributed by atoms with E-state index in [1.807, 2.05) is 6.07 Å². The van der Waals surface area contributed by atoms with Crippen molar-refractivity contribution < 1.29 is 18.0 Å². The zero-order valence-electron chi connectivity index (χ0n) is 18.2. The number of nitrogens with one attached hydrogen (secondary N) is 1. The van der Waals surface area contributed by atoms with Crippen molar-refractivity contribution in [2.45, 2.75) is 56.5 Å². The molecule has 2 aliphatic heterocycles. The van der Waals surface area contributed by atoms with Gasteiger partial charge in [0.05, 0.1) is 4.90 Å². The van der Waals surface area contributed by atoms with E-state index in [4.69, 9.17) is 0 Å². The summed E-state index contributed by atoms with van der Waals surface area (Å²) in [5.41, 5.74) is 2.17. The Morgan fingerprint density at radius 1 is 1.16 bits per heavy atom. The van der Waals surface area contributed by atoms with Crippen LogP contribution in [-0.2, 0) is 32.6 Å². The van der Waals surface area contributed by atoms with Gasteiger partial charge in [-0.2, -0.15) is 4.31 Å². The van der Waals surface area contributed by atoms with Gasteiger partial charge < -0.3 is 5.32 Å². The van der Waals surface area contributed by atoms with Gasteiger partial charge in [-0.15, -0.1) is 0 Å². The maximum atomic E-state index is 13.1. The molecule has 2 aromatic rings. The highest BCUT2D eigenvalue weighted by Gasteiger charge is 2.38. The normalized spacial score (nSPS) is 18.9. The third-order valence-electron chi connectivity index (χ3n) is 6.05. The van der Waals surface area contributed by atoms with E-state index in [0.29, 0.717) is 30.9 Å². The fourth-order valence-corrected chi connectivity index (χ4v) is 5.91. The first-order chi connectivity index (χ1) is 15.4. The zero-order chi connectivity index (χ0) is 22.7. The van der Waals surface area contributed by atoms with E-state index in [1.54, 1.807) is 43.6 Å². The van der Waals surface area contributed by atoms with E-state index in [-0.39, 0.29) is 29.6 Å². The van der Waals surface area contributed by atoms with Crippen molar-refractivity contribution in [3.05, 3.63) is 53.9 Å². The summed E-state index contributed by atoms with van der Waals surface area (Å²) in [7, 11) is -3.59. The lowest BCUT2D eigenvalue weighted by molar-refractivity contribution is -0.126. The number of carbonyl (C=O) groups excluding carboxylic acids is 2. The number of pyridine rings is 1. The van der Waals surface area contributed by atoms with Crippen LogP contribution in [0, 0.1) is 0 Å². The van der Waals surface area contributed by atoms with E-state index >= 15 is 0 Å². The first-order valence-corrected chi connectivity index (χ1v) is 12.5. The summed E-state index contributed by atoms with van der Waals surface area (Å²) < 4.78 is 27.7. The van der Waals surface area contributed by atoms with Gasteiger partial charge in [0, 0.05) is 50.6 Å². The Balaban J connectivity index is 1.57. The molecule has 2 aliphatic rings. The number of piperidine rings is 1. The lowest BCUT2D eigenvalue weighted by atomic mass is 10.1. The van der Waals surface area contributed by atoms with Gasteiger partial charge in [-0.1, -0.05) is 19.4 Å². The minimum Gasteiger partial charge on any atom is -0.350 e. The summed E-state index contributed by atoms with van der Waals surface area (Å²) in [5, 5.41) is 2.88. The molecule has 0 saturated carbocycles. The quantitative estimate of drug-likeness (QED) is 0.719. The van der Waals surface area contributed by atoms with Crippen molar-refractivity contribution in [3.63, 3.8) is 0 Å². The third kappa shape index (κ3) is 4.40. The number of sulfonamides is 1. The van der Waals surface area contributed by atoms with Gasteiger partial charge in [-0.3, -0.25) is 19.5 Å². The number of carbonyl (C=O) groups is 2. The summed E-state index contributed by atoms with van der Waals surface area (Å²) in [4.78, 5) is 31.5. The highest BCUT2D eigenvalue weighted by atomic mass is 32.2. The van der Waals surface area contributed by atoms with Gasteiger partial charge in [0.1, 0.15) is 6.04 Å². The monoisotopic (exact) mass is 456 g/mol. The van der Waals surface area contributed by atoms with Crippen molar-refractivity contribution in [1.29, 1.82) is 0 Å². The fraction of sp³-hybridized carbons (Fsp3) is 0.435. The van der Waals surface area contributed by atoms with Crippen molar-refractivity contribution in [3.8, 4) is 0 Å². The van der Waals surface area contributed by atoms with E-state index < -0.39 is 16.1 Å². The van der Waals surface area contributed by atoms with Crippen LogP contribution in [0.2, 0.25) is 0 Å². The number of amides is 2. The molecule has 8 nitrogen and oxygen atoms in total. The second-order valence-electron chi connectivity index (χ2n) is 8.17. The molecule has 32 heavy (non-hydrogen) atoms. The lowest BCUT2D eigenvalue weighted by Gasteiger charge is -2.26. The molecule has 0 aliphatic carbocycles. The van der Waals surface area contributed by atoms with Crippen LogP contribution in [0.5, 0.6) is 0 Å². The second kappa shape index (κ2) is 9.38. The summed E-state index contributed by atoms with van der Waals surface area (Å²) in [6, 6.07) is 7.79. The number of aromatic nitrogens is 1. The summed E-state index contributed by atoms with van der Waals surface area (Å²) >= 11 is 0. The lowest BCUT2D eigenvalue weighted by Crippen LogP contribution is -2.47. The van der Waals surface area contributed by atoms with Crippen LogP contribution in [0.4, 0.5) is 5.69 Å². The molecule has 1 aromatic carbocycles. The molecule has 0 spiro atoms. The van der Waals surface area contributed by atoms with Crippen LogP contribution in [0.15, 0.2) is 47.6 Å². The molecular weight excluding hydrogens is 428 g/mol. The number of benzene rings is 1. The van der Waals surface area contributed by atoms with Crippen LogP contribution in [0.1, 0.15) is 43.7 Å². The van der Waals surface area contributed by atoms with Gasteiger partial charge in [0.15, 0.2) is 0 Å². The third-order valence-corrected chi connectivity index (χ3v) is 7.95. The predicted octanol–water partition coefficient (Wildman–Crippen LogP) is 2.24. The number of hydrogen-bond acceptors (Lipinski definition) is 5. The Morgan fingerprint density at radius 3 is 2.62 bits per heavy atom. The van der Waals surface area contributed by atoms with E-state index in [9.17, 15) is 18.0 Å². The number of fused-ring (bicyclic) bond motifs is 1. The van der Waals surface area contributed by atoms with Crippen LogP contribution < -0.4 is 10.2 Å². The van der Waals surface area contributed by atoms with Crippen molar-refractivity contribution in [2.24, 2.45) is 0 Å². The van der Waals surface area contributed by atoms with E-state index in [2.05, 4.69) is 10.3 Å². The molecule has 0 radical (unpaired) electrons. The minimum atomic E-state index is -3.59. The number of anilines is 1. The van der Waals surface area contributed by atoms with Crippen molar-refractivity contribution in [2.75, 3.05) is 18.0 Å². The maximum absolute atomic E-state index is 13.1. The highest BCUT2D eigenvalue weighted by molar-refractivity contribution is 7.89. The van der Waals surface area contributed by atoms with Crippen LogP contribution >= 0.6 is 0 Å². The van der Waals surface area contributed by atoms with Crippen LogP contribution in [-0.4, -0.2) is 48.7 Å². The predicted molar refractivity (Wildman–Crippen MR) is 120 cm³/mol. The van der Waals surface area contributed by atoms with Crippen molar-refractivity contribution >= 4 is 27.5 Å². The second-order valence-corrected chi connectivity index (χ2v) is 10.1. The largest absolute Gasteiger partial charge is 0.350 e. The fourth-order valence-electron chi connectivity index (χ4n) is 4.34. The van der Waals surface area contributed by atoms with Gasteiger partial charge in [0.2, 0.25) is 21.8 Å². The summed E-state index contributed by atoms with van der Waals surface area (Å²) in [5.74, 6) is -0.441. The van der Waals surface area contributed by atoms with Gasteiger partial charge >= 0.3 is 0 Å². The minimum absolute atomic E-state index is 0.170. The SMILES string of the molecule is CCC(=O)N1c2ccc(S(=O)(=O)N3CCCCC3)cc2CC1C(=O)NCc1cccnc1. The Kier molecular flexibility index (Phi) is 6.57. The molecule has 2 amide bonds. The molecule has 1 saturated heterocycles. The average Bonchev–Trinajstić information content (AvgIpc) is 3.22. The molecule has 3 heterocycles. The Bertz CT molecular complexity index is 1100. The molecule has 9 heteroatoms. The first-order valence-electron chi connectivity index (χ1n) is 11.0. The van der Waals surface area contributed by atoms with Crippen molar-refractivity contribution in [1.82, 2.24) is 14.6 Å². The topological polar surface area (TPSA) is 99.7 Å². The first kappa shape index (κ1) is 22.4. The molecule has 0 bridgehead atoms. The molecule has 1 N–H and O–H groups in total. The Morgan fingerprint density at radius 2 is 1.94 bits per heavy atom. The maximum Gasteiger partial charge on any atom is 0.243 e. The molecule has 1 atom stereocenters. The molecule has 170 valence electrons. The van der Waals surface area contributed by atoms with Crippen LogP contribution in [0.25, 0.3) is 0 Å². The molecule has 4 rings (SSSR count). The zero-order valence-corrected chi connectivity index (χ0v) is 19.0. The molecule has 1 aromatic heterocycles. The molecule has 1 fully saturated rings. The van der Waals surface area contributed by atoms with Crippen LogP contribution in [0.3, 0.4) is 0 Å². The summed E-state index contributed by atoms with van der Waals surface area (Å²) in [6.45, 7) is 3.11. The van der Waals surface area contributed by atoms with Gasteiger partial charge in [-0.25, -0.2) is 8.42 Å². The van der Waals surface area contributed by atoms with Gasteiger partial charge in [-0.05, 0) is 48.2 Å². The van der Waals surface area contributed by atoms with E-state index in [0.717, 1.165) is 24.8 Å². The molecular formula is C23H28N4O4S. The standard InChI is InChI=1S/C23H28N4O4S/c1-2-22(28)27-20-9-8-19(32(30,31)26-11-4-3-5-12-26)13-18(20)14-21(27)23(29)25-16-17-7-6-10-24-15-17/h6-10,13,15,21H,2-5,11-12,14,16H2,1H3,(H,25,29). The highest BCUT2D eigenvalue weighted by Crippen LogP contribution is 2.35. The Hall–Kier alpha value is -2.78. The number of hydrogen-bond donors (Lipinski definition) is 1. The average molecular weight is 457 g/mol. The van der Waals surface area contributed by atoms with Gasteiger partial charge in [0.25, 0.3) is 0 Å². The number of rotatable bonds is 6. The van der Waals surface area contributed by atoms with E-state index in [1.165, 1.54) is 9.21 Å². The molecule has 1 unspecified atom stereocenters. The summed E-state index contributed by atoms with van der Waals surface area (Å²) in [6.07, 6.45) is 6.64. The number of nitrogens with zero attached hydrogens (tertiary/aromatic N) is 3.